The molecule has 0 saturated heterocycles. The topological polar surface area (TPSA) is 68.3 Å². The fraction of sp³-hybridized carbons (Fsp3) is 0.0833. The van der Waals surface area contributed by atoms with Gasteiger partial charge in [-0.3, -0.25) is 4.79 Å². The van der Waals surface area contributed by atoms with Crippen LogP contribution >= 0.6 is 38.5 Å². The first kappa shape index (κ1) is 13.6. The highest BCUT2D eigenvalue weighted by Crippen LogP contribution is 2.25. The van der Waals surface area contributed by atoms with E-state index in [9.17, 15) is 4.79 Å². The van der Waals surface area contributed by atoms with Gasteiger partial charge in [0.05, 0.1) is 12.2 Å². The Morgan fingerprint density at radius 2 is 2.17 bits per heavy atom. The third kappa shape index (κ3) is 3.12. The van der Waals surface area contributed by atoms with Gasteiger partial charge in [0.1, 0.15) is 5.76 Å². The quantitative estimate of drug-likeness (QED) is 0.748. The maximum absolute atomic E-state index is 11.9. The Balaban J connectivity index is 2.16. The van der Waals surface area contributed by atoms with Gasteiger partial charge >= 0.3 is 0 Å². The van der Waals surface area contributed by atoms with Gasteiger partial charge < -0.3 is 15.5 Å². The van der Waals surface area contributed by atoms with E-state index in [0.29, 0.717) is 11.4 Å². The van der Waals surface area contributed by atoms with Crippen molar-refractivity contribution in [1.29, 1.82) is 0 Å². The molecule has 2 aromatic rings. The lowest BCUT2D eigenvalue weighted by atomic mass is 10.3. The molecule has 0 radical (unpaired) electrons. The second-order valence-electron chi connectivity index (χ2n) is 3.55. The number of furan rings is 1. The number of nitrogens with two attached hydrogens (primary N) is 1. The number of carbonyl (C=O) groups excluding carboxylic acids is 1. The molecular weight excluding hydrogens is 411 g/mol. The zero-order valence-corrected chi connectivity index (χ0v) is 13.0. The first-order valence-electron chi connectivity index (χ1n) is 5.15. The van der Waals surface area contributed by atoms with Gasteiger partial charge in [-0.1, -0.05) is 0 Å². The Bertz CT molecular complexity index is 583. The van der Waals surface area contributed by atoms with Gasteiger partial charge in [-0.15, -0.1) is 0 Å². The number of hydrogen-bond acceptors (Lipinski definition) is 3. The second kappa shape index (κ2) is 5.85. The molecule has 0 unspecified atom stereocenters. The van der Waals surface area contributed by atoms with E-state index in [0.717, 1.165) is 8.04 Å². The van der Waals surface area contributed by atoms with Gasteiger partial charge in [0.15, 0.2) is 5.76 Å². The molecule has 0 atom stereocenters. The normalized spacial score (nSPS) is 10.4. The number of nitrogens with one attached hydrogen (secondary N) is 1. The van der Waals surface area contributed by atoms with Crippen molar-refractivity contribution in [3.63, 3.8) is 0 Å². The molecule has 18 heavy (non-hydrogen) atoms. The van der Waals surface area contributed by atoms with Crippen molar-refractivity contribution < 1.29 is 9.21 Å². The van der Waals surface area contributed by atoms with Gasteiger partial charge in [0.25, 0.3) is 5.91 Å². The molecule has 1 amide bonds. The van der Waals surface area contributed by atoms with Gasteiger partial charge in [-0.25, -0.2) is 0 Å². The molecule has 4 nitrogen and oxygen atoms in total. The van der Waals surface area contributed by atoms with E-state index in [4.69, 9.17) is 10.2 Å². The molecule has 1 heterocycles. The number of rotatable bonds is 3. The fourth-order valence-corrected chi connectivity index (χ4v) is 2.78. The van der Waals surface area contributed by atoms with Crippen molar-refractivity contribution in [3.8, 4) is 0 Å². The maximum atomic E-state index is 11.9. The Morgan fingerprint density at radius 1 is 1.39 bits per heavy atom. The molecule has 0 bridgehead atoms. The molecule has 0 fully saturated rings. The number of anilines is 1. The smallest absolute Gasteiger partial charge is 0.291 e. The summed E-state index contributed by atoms with van der Waals surface area (Å²) in [5, 5.41) is 2.77. The SMILES string of the molecule is NCc1ccc(C(=O)Nc2ccc(I)cc2Br)o1. The molecule has 1 aromatic carbocycles. The molecule has 0 aliphatic heterocycles. The number of hydrogen-bond donors (Lipinski definition) is 2. The first-order chi connectivity index (χ1) is 8.60. The van der Waals surface area contributed by atoms with Crippen molar-refractivity contribution in [2.24, 2.45) is 5.73 Å². The number of amides is 1. The molecule has 6 heteroatoms. The summed E-state index contributed by atoms with van der Waals surface area (Å²) in [5.74, 6) is 0.541. The van der Waals surface area contributed by atoms with Crippen LogP contribution in [0.25, 0.3) is 0 Å². The van der Waals surface area contributed by atoms with E-state index >= 15 is 0 Å². The van der Waals surface area contributed by atoms with Gasteiger partial charge in [0, 0.05) is 8.04 Å². The van der Waals surface area contributed by atoms with Crippen molar-refractivity contribution >= 4 is 50.1 Å². The predicted molar refractivity (Wildman–Crippen MR) is 81.4 cm³/mol. The molecule has 0 spiro atoms. The largest absolute Gasteiger partial charge is 0.455 e. The summed E-state index contributed by atoms with van der Waals surface area (Å²) in [5.41, 5.74) is 6.12. The molecule has 94 valence electrons. The minimum Gasteiger partial charge on any atom is -0.455 e. The van der Waals surface area contributed by atoms with E-state index in [-0.39, 0.29) is 18.2 Å². The Morgan fingerprint density at radius 3 is 2.78 bits per heavy atom. The predicted octanol–water partition coefficient (Wildman–Crippen LogP) is 3.36. The molecule has 1 aromatic heterocycles. The third-order valence-corrected chi connectivity index (χ3v) is 3.59. The Kier molecular flexibility index (Phi) is 4.41. The molecule has 0 aliphatic rings. The van der Waals surface area contributed by atoms with Gasteiger partial charge in [-0.2, -0.15) is 0 Å². The van der Waals surface area contributed by atoms with Crippen molar-refractivity contribution in [2.45, 2.75) is 6.54 Å². The summed E-state index contributed by atoms with van der Waals surface area (Å²) < 4.78 is 7.19. The second-order valence-corrected chi connectivity index (χ2v) is 5.65. The van der Waals surface area contributed by atoms with E-state index < -0.39 is 0 Å². The highest BCUT2D eigenvalue weighted by Gasteiger charge is 2.12. The third-order valence-electron chi connectivity index (χ3n) is 2.27. The van der Waals surface area contributed by atoms with Crippen LogP contribution < -0.4 is 11.1 Å². The lowest BCUT2D eigenvalue weighted by molar-refractivity contribution is 0.0995. The van der Waals surface area contributed by atoms with Crippen LogP contribution in [0.15, 0.2) is 39.2 Å². The Hall–Kier alpha value is -0.860. The lowest BCUT2D eigenvalue weighted by Crippen LogP contribution is -2.11. The van der Waals surface area contributed by atoms with Crippen LogP contribution in [0.3, 0.4) is 0 Å². The maximum Gasteiger partial charge on any atom is 0.291 e. The van der Waals surface area contributed by atoms with E-state index in [2.05, 4.69) is 43.8 Å². The zero-order valence-electron chi connectivity index (χ0n) is 9.24. The minimum absolute atomic E-state index is 0.251. The zero-order chi connectivity index (χ0) is 13.1. The summed E-state index contributed by atoms with van der Waals surface area (Å²) in [6.45, 7) is 0.278. The summed E-state index contributed by atoms with van der Waals surface area (Å²) in [4.78, 5) is 11.9. The number of benzene rings is 1. The van der Waals surface area contributed by atoms with Crippen molar-refractivity contribution in [3.05, 3.63) is 49.9 Å². The number of halogens is 2. The van der Waals surface area contributed by atoms with Crippen LogP contribution in [-0.2, 0) is 6.54 Å². The highest BCUT2D eigenvalue weighted by molar-refractivity contribution is 14.1. The number of carbonyl (C=O) groups is 1. The fourth-order valence-electron chi connectivity index (χ4n) is 1.38. The molecule has 0 saturated carbocycles. The van der Waals surface area contributed by atoms with Crippen molar-refractivity contribution in [1.82, 2.24) is 0 Å². The average molecular weight is 421 g/mol. The molecular formula is C12H10BrIN2O2. The first-order valence-corrected chi connectivity index (χ1v) is 7.02. The van der Waals surface area contributed by atoms with Crippen LogP contribution in [0.2, 0.25) is 0 Å². The van der Waals surface area contributed by atoms with Crippen LogP contribution in [0.5, 0.6) is 0 Å². The average Bonchev–Trinajstić information content (AvgIpc) is 2.81. The van der Waals surface area contributed by atoms with Crippen LogP contribution in [-0.4, -0.2) is 5.91 Å². The van der Waals surface area contributed by atoms with E-state index in [1.165, 1.54) is 0 Å². The molecule has 0 aliphatic carbocycles. The molecule has 2 rings (SSSR count). The van der Waals surface area contributed by atoms with Crippen LogP contribution in [0, 0.1) is 3.57 Å². The summed E-state index contributed by atoms with van der Waals surface area (Å²) in [7, 11) is 0. The van der Waals surface area contributed by atoms with E-state index in [1.807, 2.05) is 18.2 Å². The van der Waals surface area contributed by atoms with Gasteiger partial charge in [0.2, 0.25) is 0 Å². The van der Waals surface area contributed by atoms with Crippen LogP contribution in [0.1, 0.15) is 16.3 Å². The summed E-state index contributed by atoms with van der Waals surface area (Å²) >= 11 is 5.60. The summed E-state index contributed by atoms with van der Waals surface area (Å²) in [6, 6.07) is 8.96. The van der Waals surface area contributed by atoms with Crippen molar-refractivity contribution in [2.75, 3.05) is 5.32 Å². The minimum atomic E-state index is -0.295. The highest BCUT2D eigenvalue weighted by atomic mass is 127. The summed E-state index contributed by atoms with van der Waals surface area (Å²) in [6.07, 6.45) is 0. The van der Waals surface area contributed by atoms with Gasteiger partial charge in [-0.05, 0) is 68.9 Å². The van der Waals surface area contributed by atoms with Crippen LogP contribution in [0.4, 0.5) is 5.69 Å². The van der Waals surface area contributed by atoms with E-state index in [1.54, 1.807) is 12.1 Å². The Labute approximate surface area is 126 Å². The lowest BCUT2D eigenvalue weighted by Gasteiger charge is -2.06. The standard InChI is InChI=1S/C12H10BrIN2O2/c13-9-5-7(14)1-3-10(9)16-12(17)11-4-2-8(6-15)18-11/h1-5H,6,15H2,(H,16,17). The molecule has 3 N–H and O–H groups in total. The monoisotopic (exact) mass is 420 g/mol.